The van der Waals surface area contributed by atoms with Gasteiger partial charge in [0.2, 0.25) is 0 Å². The monoisotopic (exact) mass is 231 g/mol. The molecular formula is C10H11F2NO3. The lowest BCUT2D eigenvalue weighted by molar-refractivity contribution is 0.112. The Hall–Kier alpha value is -1.40. The second-order valence-electron chi connectivity index (χ2n) is 3.31. The molecule has 0 atom stereocenters. The molecule has 1 aliphatic rings. The van der Waals surface area contributed by atoms with Crippen LogP contribution in [0.2, 0.25) is 0 Å². The molecule has 0 radical (unpaired) electrons. The topological polar surface area (TPSA) is 53.7 Å². The first-order chi connectivity index (χ1) is 7.72. The third kappa shape index (κ3) is 2.07. The van der Waals surface area contributed by atoms with Crippen LogP contribution < -0.4 is 15.4 Å². The lowest BCUT2D eigenvalue weighted by Crippen LogP contribution is -2.16. The van der Waals surface area contributed by atoms with Gasteiger partial charge in [-0.05, 0) is 17.7 Å². The first-order valence-electron chi connectivity index (χ1n) is 4.74. The highest BCUT2D eigenvalue weighted by atomic mass is 19.3. The Balaban J connectivity index is 2.41. The maximum atomic E-state index is 12.7. The molecule has 0 aliphatic carbocycles. The van der Waals surface area contributed by atoms with Crippen LogP contribution in [0.15, 0.2) is 12.1 Å². The van der Waals surface area contributed by atoms with E-state index < -0.39 is 6.43 Å². The van der Waals surface area contributed by atoms with Crippen LogP contribution in [0.4, 0.5) is 8.78 Å². The normalized spacial score (nSPS) is 14.2. The smallest absolute Gasteiger partial charge is 0.264 e. The maximum Gasteiger partial charge on any atom is 0.264 e. The molecule has 0 unspecified atom stereocenters. The molecule has 2 N–H and O–H groups in total. The number of rotatable bonds is 3. The zero-order valence-electron chi connectivity index (χ0n) is 8.41. The van der Waals surface area contributed by atoms with Gasteiger partial charge in [0.05, 0.1) is 6.61 Å². The van der Waals surface area contributed by atoms with Gasteiger partial charge in [0, 0.05) is 5.56 Å². The van der Waals surface area contributed by atoms with Crippen molar-refractivity contribution in [2.24, 2.45) is 5.90 Å². The minimum absolute atomic E-state index is 0.0870. The van der Waals surface area contributed by atoms with Crippen molar-refractivity contribution >= 4 is 0 Å². The van der Waals surface area contributed by atoms with Crippen LogP contribution in [-0.4, -0.2) is 13.2 Å². The van der Waals surface area contributed by atoms with Crippen molar-refractivity contribution in [3.05, 3.63) is 23.3 Å². The van der Waals surface area contributed by atoms with Gasteiger partial charge < -0.3 is 9.47 Å². The molecule has 16 heavy (non-hydrogen) atoms. The Labute approximate surface area is 90.9 Å². The van der Waals surface area contributed by atoms with E-state index in [-0.39, 0.29) is 12.2 Å². The minimum atomic E-state index is -2.60. The standard InChI is InChI=1S/C10H11F2NO3/c11-10(12)7-4-9-8(14-1-2-15-9)3-6(7)5-16-13/h3-4,10H,1-2,5,13H2. The Kier molecular flexibility index (Phi) is 3.21. The summed E-state index contributed by atoms with van der Waals surface area (Å²) in [6, 6.07) is 2.75. The van der Waals surface area contributed by atoms with Crippen LogP contribution in [-0.2, 0) is 11.4 Å². The summed E-state index contributed by atoms with van der Waals surface area (Å²) in [5.41, 5.74) is 0.163. The van der Waals surface area contributed by atoms with Gasteiger partial charge in [0.1, 0.15) is 13.2 Å². The van der Waals surface area contributed by atoms with Crippen molar-refractivity contribution in [3.8, 4) is 11.5 Å². The van der Waals surface area contributed by atoms with Crippen LogP contribution in [0, 0.1) is 0 Å². The number of hydrogen-bond donors (Lipinski definition) is 1. The summed E-state index contributed by atoms with van der Waals surface area (Å²) in [7, 11) is 0. The first-order valence-corrected chi connectivity index (χ1v) is 4.74. The van der Waals surface area contributed by atoms with Gasteiger partial charge in [-0.25, -0.2) is 14.7 Å². The van der Waals surface area contributed by atoms with Crippen molar-refractivity contribution < 1.29 is 23.1 Å². The molecule has 0 saturated heterocycles. The second kappa shape index (κ2) is 4.63. The Morgan fingerprint density at radius 2 is 1.88 bits per heavy atom. The molecule has 1 aromatic rings. The average molecular weight is 231 g/mol. The molecule has 1 aromatic carbocycles. The maximum absolute atomic E-state index is 12.7. The largest absolute Gasteiger partial charge is 0.486 e. The van der Waals surface area contributed by atoms with Crippen molar-refractivity contribution in [2.45, 2.75) is 13.0 Å². The fourth-order valence-corrected chi connectivity index (χ4v) is 1.56. The molecule has 1 heterocycles. The molecule has 0 saturated carbocycles. The lowest BCUT2D eigenvalue weighted by atomic mass is 10.1. The third-order valence-corrected chi connectivity index (χ3v) is 2.28. The highest BCUT2D eigenvalue weighted by Crippen LogP contribution is 2.36. The highest BCUT2D eigenvalue weighted by molar-refractivity contribution is 5.48. The number of benzene rings is 1. The average Bonchev–Trinajstić information content (AvgIpc) is 2.28. The van der Waals surface area contributed by atoms with E-state index in [1.807, 2.05) is 0 Å². The zero-order valence-corrected chi connectivity index (χ0v) is 8.41. The molecule has 0 spiro atoms. The van der Waals surface area contributed by atoms with Crippen LogP contribution in [0.5, 0.6) is 11.5 Å². The fraction of sp³-hybridized carbons (Fsp3) is 0.400. The molecule has 6 heteroatoms. The molecular weight excluding hydrogens is 220 g/mol. The summed E-state index contributed by atoms with van der Waals surface area (Å²) < 4.78 is 36.0. The van der Waals surface area contributed by atoms with Gasteiger partial charge in [-0.2, -0.15) is 0 Å². The highest BCUT2D eigenvalue weighted by Gasteiger charge is 2.20. The van der Waals surface area contributed by atoms with Gasteiger partial charge in [-0.1, -0.05) is 0 Å². The second-order valence-corrected chi connectivity index (χ2v) is 3.31. The predicted molar refractivity (Wildman–Crippen MR) is 51.4 cm³/mol. The van der Waals surface area contributed by atoms with E-state index in [2.05, 4.69) is 4.84 Å². The fourth-order valence-electron chi connectivity index (χ4n) is 1.56. The number of ether oxygens (including phenoxy) is 2. The predicted octanol–water partition coefficient (Wildman–Crippen LogP) is 1.79. The molecule has 0 fully saturated rings. The molecule has 0 aromatic heterocycles. The number of alkyl halides is 2. The number of nitrogens with two attached hydrogens (primary N) is 1. The summed E-state index contributed by atoms with van der Waals surface area (Å²) in [4.78, 5) is 4.38. The SMILES string of the molecule is NOCc1cc2c(cc1C(F)F)OCCO2. The van der Waals surface area contributed by atoms with Crippen molar-refractivity contribution in [1.29, 1.82) is 0 Å². The summed E-state index contributed by atoms with van der Waals surface area (Å²) in [5, 5.41) is 0. The van der Waals surface area contributed by atoms with Crippen LogP contribution in [0.3, 0.4) is 0 Å². The van der Waals surface area contributed by atoms with Gasteiger partial charge in [0.25, 0.3) is 6.43 Å². The van der Waals surface area contributed by atoms with Crippen molar-refractivity contribution in [3.63, 3.8) is 0 Å². The molecule has 0 amide bonds. The van der Waals surface area contributed by atoms with Crippen LogP contribution in [0.25, 0.3) is 0 Å². The molecule has 0 bridgehead atoms. The minimum Gasteiger partial charge on any atom is -0.486 e. The van der Waals surface area contributed by atoms with E-state index >= 15 is 0 Å². The van der Waals surface area contributed by atoms with Crippen molar-refractivity contribution in [1.82, 2.24) is 0 Å². The lowest BCUT2D eigenvalue weighted by Gasteiger charge is -2.20. The van der Waals surface area contributed by atoms with E-state index in [1.54, 1.807) is 0 Å². The zero-order chi connectivity index (χ0) is 11.5. The third-order valence-electron chi connectivity index (χ3n) is 2.28. The number of halogens is 2. The van der Waals surface area contributed by atoms with Crippen LogP contribution >= 0.6 is 0 Å². The van der Waals surface area contributed by atoms with E-state index in [9.17, 15) is 8.78 Å². The number of hydrogen-bond acceptors (Lipinski definition) is 4. The van der Waals surface area contributed by atoms with Gasteiger partial charge in [-0.3, -0.25) is 4.84 Å². The van der Waals surface area contributed by atoms with Gasteiger partial charge >= 0.3 is 0 Å². The van der Waals surface area contributed by atoms with Crippen LogP contribution in [0.1, 0.15) is 17.6 Å². The Morgan fingerprint density at radius 3 is 2.44 bits per heavy atom. The Bertz CT molecular complexity index is 385. The summed E-state index contributed by atoms with van der Waals surface area (Å²) in [6.07, 6.45) is -2.60. The molecule has 4 nitrogen and oxygen atoms in total. The van der Waals surface area contributed by atoms with Gasteiger partial charge in [0.15, 0.2) is 11.5 Å². The summed E-state index contributed by atoms with van der Waals surface area (Å²) in [5.74, 6) is 5.67. The number of fused-ring (bicyclic) bond motifs is 1. The van der Waals surface area contributed by atoms with E-state index in [1.165, 1.54) is 12.1 Å². The van der Waals surface area contributed by atoms with E-state index in [4.69, 9.17) is 15.4 Å². The molecule has 88 valence electrons. The summed E-state index contributed by atoms with van der Waals surface area (Å²) >= 11 is 0. The summed E-state index contributed by atoms with van der Waals surface area (Å²) in [6.45, 7) is 0.683. The molecule has 2 rings (SSSR count). The van der Waals surface area contributed by atoms with Crippen molar-refractivity contribution in [2.75, 3.05) is 13.2 Å². The molecule has 1 aliphatic heterocycles. The Morgan fingerprint density at radius 1 is 1.25 bits per heavy atom. The first kappa shape index (κ1) is 11.1. The van der Waals surface area contributed by atoms with Gasteiger partial charge in [-0.15, -0.1) is 0 Å². The van der Waals surface area contributed by atoms with E-state index in [0.717, 1.165) is 0 Å². The van der Waals surface area contributed by atoms with E-state index in [0.29, 0.717) is 30.3 Å². The quantitative estimate of drug-likeness (QED) is 0.806.